The number of nitrogens with two attached hydrogens (primary N) is 1. The van der Waals surface area contributed by atoms with Gasteiger partial charge in [0.1, 0.15) is 0 Å². The van der Waals surface area contributed by atoms with Gasteiger partial charge in [0.2, 0.25) is 5.95 Å². The summed E-state index contributed by atoms with van der Waals surface area (Å²) < 4.78 is 20.2. The van der Waals surface area contributed by atoms with Gasteiger partial charge in [-0.05, 0) is 24.6 Å². The Kier molecular flexibility index (Phi) is 2.99. The lowest BCUT2D eigenvalue weighted by atomic mass is 10.2. The predicted octanol–water partition coefficient (Wildman–Crippen LogP) is 1.97. The second kappa shape index (κ2) is 4.45. The number of halogens is 1. The number of hydrogen-bond donors (Lipinski definition) is 1. The summed E-state index contributed by atoms with van der Waals surface area (Å²) in [6, 6.07) is 4.85. The number of ether oxygens (including phenoxy) is 1. The minimum atomic E-state index is -0.374. The number of rotatable bonds is 3. The van der Waals surface area contributed by atoms with E-state index in [1.54, 1.807) is 18.3 Å². The Bertz CT molecular complexity index is 517. The van der Waals surface area contributed by atoms with Crippen molar-refractivity contribution in [3.63, 3.8) is 0 Å². The smallest absolute Gasteiger partial charge is 0.200 e. The summed E-state index contributed by atoms with van der Waals surface area (Å²) in [6.45, 7) is 2.40. The van der Waals surface area contributed by atoms with Crippen molar-refractivity contribution in [1.82, 2.24) is 9.55 Å². The fraction of sp³-hybridized carbons (Fsp3) is 0.250. The van der Waals surface area contributed by atoms with Crippen molar-refractivity contribution in [2.75, 3.05) is 12.8 Å². The maximum atomic E-state index is 13.5. The van der Waals surface area contributed by atoms with Gasteiger partial charge in [0, 0.05) is 5.69 Å². The van der Waals surface area contributed by atoms with E-state index in [0.717, 1.165) is 11.3 Å². The van der Waals surface area contributed by atoms with Crippen LogP contribution < -0.4 is 10.5 Å². The second-order valence-electron chi connectivity index (χ2n) is 3.81. The number of imidazole rings is 1. The van der Waals surface area contributed by atoms with Crippen LogP contribution in [0.4, 0.5) is 10.3 Å². The number of nitrogens with zero attached hydrogens (tertiary/aromatic N) is 2. The van der Waals surface area contributed by atoms with Crippen LogP contribution in [0.15, 0.2) is 24.4 Å². The summed E-state index contributed by atoms with van der Waals surface area (Å²) >= 11 is 0. The Morgan fingerprint density at radius 1 is 1.47 bits per heavy atom. The van der Waals surface area contributed by atoms with Gasteiger partial charge in [0.25, 0.3) is 0 Å². The van der Waals surface area contributed by atoms with E-state index in [1.165, 1.54) is 13.2 Å². The summed E-state index contributed by atoms with van der Waals surface area (Å²) in [7, 11) is 1.44. The lowest BCUT2D eigenvalue weighted by Gasteiger charge is -2.09. The van der Waals surface area contributed by atoms with Crippen molar-refractivity contribution < 1.29 is 9.13 Å². The zero-order valence-electron chi connectivity index (χ0n) is 9.77. The minimum absolute atomic E-state index is 0.240. The van der Waals surface area contributed by atoms with Crippen molar-refractivity contribution >= 4 is 5.95 Å². The molecule has 0 radical (unpaired) electrons. The van der Waals surface area contributed by atoms with Crippen molar-refractivity contribution in [3.05, 3.63) is 41.5 Å². The molecule has 4 nitrogen and oxygen atoms in total. The fourth-order valence-corrected chi connectivity index (χ4v) is 1.68. The third-order valence-electron chi connectivity index (χ3n) is 2.64. The minimum Gasteiger partial charge on any atom is -0.494 e. The van der Waals surface area contributed by atoms with Crippen molar-refractivity contribution in [3.8, 4) is 5.75 Å². The van der Waals surface area contributed by atoms with E-state index in [-0.39, 0.29) is 11.6 Å². The van der Waals surface area contributed by atoms with Crippen LogP contribution in [0.5, 0.6) is 5.75 Å². The SMILES string of the molecule is COc1ccc(Cn2c(C)cnc2N)cc1F. The first-order valence-corrected chi connectivity index (χ1v) is 5.22. The number of hydrogen-bond acceptors (Lipinski definition) is 3. The largest absolute Gasteiger partial charge is 0.494 e. The van der Waals surface area contributed by atoms with Crippen LogP contribution in [0.1, 0.15) is 11.3 Å². The van der Waals surface area contributed by atoms with E-state index in [1.807, 2.05) is 11.5 Å². The van der Waals surface area contributed by atoms with Gasteiger partial charge in [-0.3, -0.25) is 0 Å². The van der Waals surface area contributed by atoms with Crippen molar-refractivity contribution in [2.24, 2.45) is 0 Å². The first kappa shape index (κ1) is 11.4. The monoisotopic (exact) mass is 235 g/mol. The Morgan fingerprint density at radius 2 is 2.24 bits per heavy atom. The number of aryl methyl sites for hydroxylation is 1. The molecule has 1 aromatic heterocycles. The number of nitrogen functional groups attached to an aromatic ring is 1. The van der Waals surface area contributed by atoms with Crippen LogP contribution in [-0.2, 0) is 6.54 Å². The third-order valence-corrected chi connectivity index (χ3v) is 2.64. The van der Waals surface area contributed by atoms with Gasteiger partial charge in [0.05, 0.1) is 19.9 Å². The highest BCUT2D eigenvalue weighted by molar-refractivity contribution is 5.31. The molecule has 1 aromatic carbocycles. The molecule has 0 fully saturated rings. The molecule has 5 heteroatoms. The van der Waals surface area contributed by atoms with Crippen LogP contribution in [0.2, 0.25) is 0 Å². The quantitative estimate of drug-likeness (QED) is 0.884. The van der Waals surface area contributed by atoms with E-state index in [2.05, 4.69) is 4.98 Å². The number of aromatic nitrogens is 2. The van der Waals surface area contributed by atoms with Crippen LogP contribution >= 0.6 is 0 Å². The number of methoxy groups -OCH3 is 1. The first-order valence-electron chi connectivity index (χ1n) is 5.22. The molecular formula is C12H14FN3O. The summed E-state index contributed by atoms with van der Waals surface area (Å²) in [5.74, 6) is 0.296. The average Bonchev–Trinajstić information content (AvgIpc) is 2.61. The zero-order valence-corrected chi connectivity index (χ0v) is 9.77. The first-order chi connectivity index (χ1) is 8.11. The van der Waals surface area contributed by atoms with Crippen LogP contribution in [0, 0.1) is 12.7 Å². The van der Waals surface area contributed by atoms with Gasteiger partial charge >= 0.3 is 0 Å². The molecule has 2 aromatic rings. The van der Waals surface area contributed by atoms with Gasteiger partial charge in [0.15, 0.2) is 11.6 Å². The van der Waals surface area contributed by atoms with Gasteiger partial charge in [-0.25, -0.2) is 9.37 Å². The summed E-state index contributed by atoms with van der Waals surface area (Å²) in [5, 5.41) is 0. The molecule has 17 heavy (non-hydrogen) atoms. The van der Waals surface area contributed by atoms with Crippen molar-refractivity contribution in [2.45, 2.75) is 13.5 Å². The molecule has 0 aliphatic heterocycles. The normalized spacial score (nSPS) is 10.5. The van der Waals surface area contributed by atoms with Gasteiger partial charge in [-0.1, -0.05) is 6.07 Å². The molecule has 90 valence electrons. The molecule has 0 aliphatic carbocycles. The predicted molar refractivity (Wildman–Crippen MR) is 63.4 cm³/mol. The molecule has 0 unspecified atom stereocenters. The molecule has 0 aliphatic rings. The van der Waals surface area contributed by atoms with Gasteiger partial charge in [-0.2, -0.15) is 0 Å². The molecular weight excluding hydrogens is 221 g/mol. The summed E-state index contributed by atoms with van der Waals surface area (Å²) in [5.41, 5.74) is 7.48. The van der Waals surface area contributed by atoms with Gasteiger partial charge in [-0.15, -0.1) is 0 Å². The van der Waals surface area contributed by atoms with Crippen molar-refractivity contribution in [1.29, 1.82) is 0 Å². The maximum absolute atomic E-state index is 13.5. The molecule has 0 bridgehead atoms. The topological polar surface area (TPSA) is 53.1 Å². The Balaban J connectivity index is 2.28. The van der Waals surface area contributed by atoms with E-state index >= 15 is 0 Å². The molecule has 0 saturated heterocycles. The molecule has 0 atom stereocenters. The lowest BCUT2D eigenvalue weighted by molar-refractivity contribution is 0.386. The fourth-order valence-electron chi connectivity index (χ4n) is 1.68. The highest BCUT2D eigenvalue weighted by atomic mass is 19.1. The molecule has 2 N–H and O–H groups in total. The molecule has 2 rings (SSSR count). The Morgan fingerprint density at radius 3 is 2.76 bits per heavy atom. The number of benzene rings is 1. The highest BCUT2D eigenvalue weighted by Gasteiger charge is 2.07. The maximum Gasteiger partial charge on any atom is 0.200 e. The second-order valence-corrected chi connectivity index (χ2v) is 3.81. The van der Waals surface area contributed by atoms with E-state index < -0.39 is 0 Å². The van der Waals surface area contributed by atoms with Gasteiger partial charge < -0.3 is 15.0 Å². The number of anilines is 1. The van der Waals surface area contributed by atoms with E-state index in [4.69, 9.17) is 10.5 Å². The molecule has 0 spiro atoms. The standard InChI is InChI=1S/C12H14FN3O/c1-8-6-15-12(14)16(8)7-9-3-4-11(17-2)10(13)5-9/h3-6H,7H2,1-2H3,(H2,14,15). The summed E-state index contributed by atoms with van der Waals surface area (Å²) in [4.78, 5) is 3.99. The van der Waals surface area contributed by atoms with Crippen LogP contribution in [0.25, 0.3) is 0 Å². The zero-order chi connectivity index (χ0) is 12.4. The molecule has 0 saturated carbocycles. The Hall–Kier alpha value is -2.04. The molecule has 0 amide bonds. The van der Waals surface area contributed by atoms with E-state index in [0.29, 0.717) is 12.5 Å². The third kappa shape index (κ3) is 2.22. The molecule has 1 heterocycles. The van der Waals surface area contributed by atoms with E-state index in [9.17, 15) is 4.39 Å². The lowest BCUT2D eigenvalue weighted by Crippen LogP contribution is -2.06. The average molecular weight is 235 g/mol. The van der Waals surface area contributed by atoms with Crippen LogP contribution in [0.3, 0.4) is 0 Å². The summed E-state index contributed by atoms with van der Waals surface area (Å²) in [6.07, 6.45) is 1.69. The van der Waals surface area contributed by atoms with Crippen LogP contribution in [-0.4, -0.2) is 16.7 Å². The highest BCUT2D eigenvalue weighted by Crippen LogP contribution is 2.19. The Labute approximate surface area is 98.8 Å².